The third kappa shape index (κ3) is 3.86. The summed E-state index contributed by atoms with van der Waals surface area (Å²) in [4.78, 5) is 17.6. The monoisotopic (exact) mass is 582 g/mol. The lowest BCUT2D eigenvalue weighted by molar-refractivity contribution is -0.249. The Hall–Kier alpha value is -1.77. The zero-order valence-electron chi connectivity index (χ0n) is 26.9. The fraction of sp³-hybridized carbons (Fsp3) is 0.853. The first-order chi connectivity index (χ1) is 19.8. The fourth-order valence-electron chi connectivity index (χ4n) is 11.7. The van der Waals surface area contributed by atoms with Crippen molar-refractivity contribution in [3.05, 3.63) is 24.3 Å². The molecule has 1 saturated heterocycles. The summed E-state index contributed by atoms with van der Waals surface area (Å²) in [6.07, 6.45) is 11.8. The smallest absolute Gasteiger partial charge is 0.307 e. The molecule has 8 heteroatoms. The summed E-state index contributed by atoms with van der Waals surface area (Å²) < 4.78 is 15.2. The van der Waals surface area contributed by atoms with E-state index >= 15 is 0 Å². The topological polar surface area (TPSA) is 112 Å². The second-order valence-corrected chi connectivity index (χ2v) is 16.1. The Labute approximate surface area is 252 Å². The predicted octanol–water partition coefficient (Wildman–Crippen LogP) is 5.75. The van der Waals surface area contributed by atoms with E-state index in [-0.39, 0.29) is 45.1 Å². The van der Waals surface area contributed by atoms with Gasteiger partial charge in [-0.2, -0.15) is 5.10 Å². The molecule has 0 amide bonds. The first-order valence-electron chi connectivity index (χ1n) is 16.5. The first-order valence-corrected chi connectivity index (χ1v) is 16.5. The minimum atomic E-state index is -0.612. The zero-order chi connectivity index (χ0) is 30.3. The zero-order valence-corrected chi connectivity index (χ0v) is 26.9. The summed E-state index contributed by atoms with van der Waals surface area (Å²) in [6, 6.07) is 0.0401. The van der Waals surface area contributed by atoms with Gasteiger partial charge in [0, 0.05) is 17.4 Å². The number of aromatic nitrogens is 3. The van der Waals surface area contributed by atoms with Crippen LogP contribution in [0.1, 0.15) is 93.0 Å². The van der Waals surface area contributed by atoms with Crippen molar-refractivity contribution in [3.8, 4) is 0 Å². The summed E-state index contributed by atoms with van der Waals surface area (Å²) in [5.74, 6) is 0.555. The summed E-state index contributed by atoms with van der Waals surface area (Å²) >= 11 is 0. The van der Waals surface area contributed by atoms with Gasteiger partial charge in [-0.15, -0.1) is 0 Å². The number of allylic oxidation sites excluding steroid dienone is 1. The molecule has 3 N–H and O–H groups in total. The number of carboxylic acid groups (broad SMARTS) is 1. The number of ether oxygens (including phenoxy) is 2. The van der Waals surface area contributed by atoms with E-state index in [1.54, 1.807) is 6.33 Å². The summed E-state index contributed by atoms with van der Waals surface area (Å²) in [6.45, 7) is 18.6. The van der Waals surface area contributed by atoms with E-state index in [0.29, 0.717) is 50.0 Å². The van der Waals surface area contributed by atoms with Crippen LogP contribution in [0, 0.1) is 56.7 Å². The van der Waals surface area contributed by atoms with Crippen molar-refractivity contribution in [1.82, 2.24) is 14.8 Å². The highest BCUT2D eigenvalue weighted by Crippen LogP contribution is 2.75. The van der Waals surface area contributed by atoms with Crippen molar-refractivity contribution in [1.29, 1.82) is 0 Å². The molecule has 4 fully saturated rings. The largest absolute Gasteiger partial charge is 0.481 e. The molecule has 4 aliphatic carbocycles. The van der Waals surface area contributed by atoms with Crippen molar-refractivity contribution in [2.45, 2.75) is 99.1 Å². The van der Waals surface area contributed by atoms with Crippen LogP contribution in [-0.4, -0.2) is 58.3 Å². The maximum atomic E-state index is 13.3. The second-order valence-electron chi connectivity index (χ2n) is 16.1. The highest BCUT2D eigenvalue weighted by atomic mass is 16.5. The molecule has 1 aromatic heterocycles. The fourth-order valence-corrected chi connectivity index (χ4v) is 11.7. The van der Waals surface area contributed by atoms with Crippen LogP contribution in [0.4, 0.5) is 0 Å². The summed E-state index contributed by atoms with van der Waals surface area (Å²) in [7, 11) is 0. The summed E-state index contributed by atoms with van der Waals surface area (Å²) in [5, 5.41) is 15.6. The van der Waals surface area contributed by atoms with Crippen LogP contribution >= 0.6 is 0 Å². The molecular weight excluding hydrogens is 528 g/mol. The number of nitrogens with zero attached hydrogens (tertiary/aromatic N) is 3. The molecule has 5 aliphatic rings. The van der Waals surface area contributed by atoms with Crippen molar-refractivity contribution < 1.29 is 19.4 Å². The number of nitrogens with two attached hydrogens (primary N) is 1. The van der Waals surface area contributed by atoms with Crippen LogP contribution in [0.5, 0.6) is 0 Å². The van der Waals surface area contributed by atoms with E-state index < -0.39 is 5.97 Å². The molecule has 2 heterocycles. The molecule has 8 nitrogen and oxygen atoms in total. The number of carbonyl (C=O) groups is 1. The molecule has 42 heavy (non-hydrogen) atoms. The molecule has 1 aromatic rings. The lowest BCUT2D eigenvalue weighted by Crippen LogP contribution is -2.69. The standard InChI is InChI=1S/C34H54N4O4/c1-21(2)22(3)30(4)12-13-32(6)23-8-9-26-31(5)17-41-18-34(26,24(23)10-11-33(32,7)27(30)29(39)40)16-25(28(31)42-15-14-35)38-20-36-19-37-38/h10,19-23,25-28H,8-9,11-18,35H2,1-7H3,(H,39,40)/t22-,23+,25-,26+,27-,28+,30-,31?,32-,33+,34+/m1/s1. The van der Waals surface area contributed by atoms with Gasteiger partial charge >= 0.3 is 5.97 Å². The minimum Gasteiger partial charge on any atom is -0.481 e. The van der Waals surface area contributed by atoms with Gasteiger partial charge in [-0.3, -0.25) is 4.79 Å². The average molecular weight is 583 g/mol. The molecule has 0 aromatic carbocycles. The number of hydrogen-bond donors (Lipinski definition) is 2. The molecular formula is C34H54N4O4. The van der Waals surface area contributed by atoms with Gasteiger partial charge in [0.25, 0.3) is 0 Å². The predicted molar refractivity (Wildman–Crippen MR) is 161 cm³/mol. The van der Waals surface area contributed by atoms with Crippen LogP contribution in [0.2, 0.25) is 0 Å². The normalized spacial score (nSPS) is 47.2. The molecule has 1 aliphatic heterocycles. The Balaban J connectivity index is 1.46. The van der Waals surface area contributed by atoms with Crippen molar-refractivity contribution in [2.24, 2.45) is 62.4 Å². The molecule has 3 saturated carbocycles. The lowest BCUT2D eigenvalue weighted by Gasteiger charge is -2.71. The van der Waals surface area contributed by atoms with Gasteiger partial charge in [-0.1, -0.05) is 60.1 Å². The van der Waals surface area contributed by atoms with Crippen molar-refractivity contribution in [2.75, 3.05) is 26.4 Å². The Bertz CT molecular complexity index is 1220. The molecule has 6 rings (SSSR count). The molecule has 11 atom stereocenters. The second kappa shape index (κ2) is 10.1. The summed E-state index contributed by atoms with van der Waals surface area (Å²) in [5.41, 5.74) is 6.51. The van der Waals surface area contributed by atoms with Crippen LogP contribution < -0.4 is 5.73 Å². The first kappa shape index (κ1) is 30.3. The van der Waals surface area contributed by atoms with Crippen LogP contribution in [0.25, 0.3) is 0 Å². The van der Waals surface area contributed by atoms with E-state index in [4.69, 9.17) is 15.2 Å². The number of carboxylic acids is 1. The van der Waals surface area contributed by atoms with Crippen LogP contribution in [0.3, 0.4) is 0 Å². The minimum absolute atomic E-state index is 0.0401. The SMILES string of the molecule is CC(C)[C@@H](C)[C@@]1(C)CC[C@]2(C)[C@H]3CC[C@H]4C5(C)COC[C@@]4(C[C@@H](n4cncn4)[C@@H]5OCCN)C3=CC[C@@]2(C)[C@@H]1C(=O)O. The Kier molecular flexibility index (Phi) is 7.30. The maximum Gasteiger partial charge on any atom is 0.307 e. The Morgan fingerprint density at radius 3 is 2.57 bits per heavy atom. The lowest BCUT2D eigenvalue weighted by atomic mass is 9.34. The van der Waals surface area contributed by atoms with E-state index in [1.807, 2.05) is 11.0 Å². The quantitative estimate of drug-likeness (QED) is 0.394. The van der Waals surface area contributed by atoms with Gasteiger partial charge in [0.2, 0.25) is 0 Å². The number of aliphatic carboxylic acids is 1. The Morgan fingerprint density at radius 1 is 1.17 bits per heavy atom. The number of fused-ring (bicyclic) bond motifs is 3. The van der Waals surface area contributed by atoms with E-state index in [0.717, 1.165) is 38.5 Å². The Morgan fingerprint density at radius 2 is 1.93 bits per heavy atom. The van der Waals surface area contributed by atoms with Gasteiger partial charge in [0.1, 0.15) is 12.7 Å². The highest BCUT2D eigenvalue weighted by molar-refractivity contribution is 5.73. The maximum absolute atomic E-state index is 13.3. The van der Waals surface area contributed by atoms with Crippen molar-refractivity contribution >= 4 is 5.97 Å². The number of rotatable bonds is 7. The van der Waals surface area contributed by atoms with Gasteiger partial charge in [0.05, 0.1) is 37.9 Å². The molecule has 1 unspecified atom stereocenters. The number of hydrogen-bond acceptors (Lipinski definition) is 6. The molecule has 0 radical (unpaired) electrons. The van der Waals surface area contributed by atoms with Crippen LogP contribution in [-0.2, 0) is 14.3 Å². The van der Waals surface area contributed by atoms with Crippen molar-refractivity contribution in [3.63, 3.8) is 0 Å². The van der Waals surface area contributed by atoms with E-state index in [1.165, 1.54) is 5.57 Å². The van der Waals surface area contributed by atoms with Gasteiger partial charge < -0.3 is 20.3 Å². The van der Waals surface area contributed by atoms with Gasteiger partial charge in [0.15, 0.2) is 0 Å². The third-order valence-corrected chi connectivity index (χ3v) is 14.3. The third-order valence-electron chi connectivity index (χ3n) is 14.3. The van der Waals surface area contributed by atoms with Crippen LogP contribution in [0.15, 0.2) is 24.3 Å². The average Bonchev–Trinajstić information content (AvgIpc) is 3.47. The molecule has 2 bridgehead atoms. The molecule has 0 spiro atoms. The highest BCUT2D eigenvalue weighted by Gasteiger charge is 2.71. The van der Waals surface area contributed by atoms with E-state index in [9.17, 15) is 9.90 Å². The van der Waals surface area contributed by atoms with Gasteiger partial charge in [-0.25, -0.2) is 9.67 Å². The molecule has 234 valence electrons. The van der Waals surface area contributed by atoms with E-state index in [2.05, 4.69) is 64.6 Å². The van der Waals surface area contributed by atoms with Gasteiger partial charge in [-0.05, 0) is 78.4 Å².